The SMILES string of the molecule is Cc1ccc(N2C(=O)C(=[N+]=[N-])C(=C3c4ccccc4-c4ccccc43)C2=O)cc1. The van der Waals surface area contributed by atoms with Gasteiger partial charge in [0.25, 0.3) is 5.91 Å². The molecule has 0 aromatic heterocycles. The highest BCUT2D eigenvalue weighted by Crippen LogP contribution is 2.46. The van der Waals surface area contributed by atoms with Crippen molar-refractivity contribution < 1.29 is 14.4 Å². The van der Waals surface area contributed by atoms with Crippen LogP contribution in [0.1, 0.15) is 16.7 Å². The molecule has 29 heavy (non-hydrogen) atoms. The first kappa shape index (κ1) is 17.0. The Hall–Kier alpha value is -4.08. The Morgan fingerprint density at radius 1 is 0.690 bits per heavy atom. The van der Waals surface area contributed by atoms with Gasteiger partial charge < -0.3 is 5.53 Å². The molecule has 2 aliphatic rings. The standard InChI is InChI=1S/C24H15N3O2/c1-14-10-12-15(13-11-14)27-23(28)21(22(26-25)24(27)29)20-18-8-4-2-6-16(18)17-7-3-5-9-19(17)20/h2-13H,1H3. The van der Waals surface area contributed by atoms with Gasteiger partial charge in [0.2, 0.25) is 0 Å². The second kappa shape index (κ2) is 6.23. The maximum atomic E-state index is 13.4. The van der Waals surface area contributed by atoms with Crippen molar-refractivity contribution >= 4 is 28.8 Å². The minimum Gasteiger partial charge on any atom is -0.361 e. The molecule has 0 saturated carbocycles. The molecule has 0 spiro atoms. The second-order valence-electron chi connectivity index (χ2n) is 7.07. The molecule has 5 rings (SSSR count). The van der Waals surface area contributed by atoms with Gasteiger partial charge in [-0.3, -0.25) is 9.59 Å². The Kier molecular flexibility index (Phi) is 3.66. The molecule has 138 valence electrons. The predicted octanol–water partition coefficient (Wildman–Crippen LogP) is 4.02. The molecular formula is C24H15N3O2. The van der Waals surface area contributed by atoms with Crippen LogP contribution in [0.2, 0.25) is 0 Å². The van der Waals surface area contributed by atoms with Crippen molar-refractivity contribution in [3.05, 3.63) is 101 Å². The molecule has 1 heterocycles. The molecule has 0 unspecified atom stereocenters. The number of hydrogen-bond donors (Lipinski definition) is 0. The number of aryl methyl sites for hydroxylation is 1. The predicted molar refractivity (Wildman–Crippen MR) is 110 cm³/mol. The molecule has 3 aromatic carbocycles. The van der Waals surface area contributed by atoms with Gasteiger partial charge in [0.1, 0.15) is 5.57 Å². The number of hydrogen-bond acceptors (Lipinski definition) is 2. The zero-order valence-corrected chi connectivity index (χ0v) is 15.6. The molecule has 3 aromatic rings. The number of benzene rings is 3. The van der Waals surface area contributed by atoms with E-state index in [-0.39, 0.29) is 11.3 Å². The van der Waals surface area contributed by atoms with Crippen LogP contribution >= 0.6 is 0 Å². The van der Waals surface area contributed by atoms with Crippen LogP contribution in [0.3, 0.4) is 0 Å². The number of carbonyl (C=O) groups excluding carboxylic acids is 2. The highest BCUT2D eigenvalue weighted by atomic mass is 16.2. The lowest BCUT2D eigenvalue weighted by Gasteiger charge is -2.12. The van der Waals surface area contributed by atoms with E-state index in [9.17, 15) is 15.1 Å². The number of nitrogens with zero attached hydrogens (tertiary/aromatic N) is 3. The summed E-state index contributed by atoms with van der Waals surface area (Å²) in [4.78, 5) is 30.7. The summed E-state index contributed by atoms with van der Waals surface area (Å²) in [6.45, 7) is 1.93. The smallest absolute Gasteiger partial charge is 0.361 e. The van der Waals surface area contributed by atoms with Crippen LogP contribution in [0.25, 0.3) is 22.2 Å². The van der Waals surface area contributed by atoms with Crippen molar-refractivity contribution in [3.8, 4) is 11.1 Å². The van der Waals surface area contributed by atoms with Crippen LogP contribution in [0, 0.1) is 6.92 Å². The van der Waals surface area contributed by atoms with Gasteiger partial charge in [-0.1, -0.05) is 66.2 Å². The fourth-order valence-corrected chi connectivity index (χ4v) is 4.05. The lowest BCUT2D eigenvalue weighted by molar-refractivity contribution is -0.120. The highest BCUT2D eigenvalue weighted by molar-refractivity contribution is 6.65. The average Bonchev–Trinajstić information content (AvgIpc) is 3.19. The summed E-state index contributed by atoms with van der Waals surface area (Å²) in [6, 6.07) is 22.5. The van der Waals surface area contributed by atoms with E-state index in [0.29, 0.717) is 11.3 Å². The Labute approximate surface area is 167 Å². The highest BCUT2D eigenvalue weighted by Gasteiger charge is 2.50. The van der Waals surface area contributed by atoms with Crippen molar-refractivity contribution in [3.63, 3.8) is 0 Å². The number of fused-ring (bicyclic) bond motifs is 3. The summed E-state index contributed by atoms with van der Waals surface area (Å²) in [6.07, 6.45) is 0. The lowest BCUT2D eigenvalue weighted by atomic mass is 9.96. The van der Waals surface area contributed by atoms with Crippen LogP contribution in [0.5, 0.6) is 0 Å². The minimum absolute atomic E-state index is 0.121. The van der Waals surface area contributed by atoms with E-state index >= 15 is 0 Å². The molecule has 0 N–H and O–H groups in total. The summed E-state index contributed by atoms with van der Waals surface area (Å²) >= 11 is 0. The zero-order chi connectivity index (χ0) is 20.1. The van der Waals surface area contributed by atoms with Gasteiger partial charge in [-0.2, -0.15) is 4.79 Å². The van der Waals surface area contributed by atoms with E-state index in [1.54, 1.807) is 12.1 Å². The van der Waals surface area contributed by atoms with Gasteiger partial charge in [0, 0.05) is 5.57 Å². The van der Waals surface area contributed by atoms with E-state index in [0.717, 1.165) is 32.7 Å². The van der Waals surface area contributed by atoms with Crippen LogP contribution in [-0.4, -0.2) is 22.3 Å². The molecule has 5 heteroatoms. The average molecular weight is 377 g/mol. The summed E-state index contributed by atoms with van der Waals surface area (Å²) < 4.78 is 0. The molecule has 1 saturated heterocycles. The first-order valence-electron chi connectivity index (χ1n) is 9.23. The molecule has 1 aliphatic carbocycles. The van der Waals surface area contributed by atoms with E-state index in [4.69, 9.17) is 0 Å². The van der Waals surface area contributed by atoms with E-state index in [1.165, 1.54) is 0 Å². The number of rotatable bonds is 1. The van der Waals surface area contributed by atoms with Crippen molar-refractivity contribution in [1.82, 2.24) is 0 Å². The third-order valence-electron chi connectivity index (χ3n) is 5.38. The zero-order valence-electron chi connectivity index (χ0n) is 15.6. The van der Waals surface area contributed by atoms with Gasteiger partial charge in [0.05, 0.1) is 5.69 Å². The van der Waals surface area contributed by atoms with Gasteiger partial charge >= 0.3 is 11.6 Å². The molecule has 5 nitrogen and oxygen atoms in total. The van der Waals surface area contributed by atoms with Crippen molar-refractivity contribution in [2.24, 2.45) is 0 Å². The third-order valence-corrected chi connectivity index (χ3v) is 5.38. The van der Waals surface area contributed by atoms with Crippen LogP contribution in [0.4, 0.5) is 5.69 Å². The molecule has 1 fully saturated rings. The topological polar surface area (TPSA) is 73.8 Å². The second-order valence-corrected chi connectivity index (χ2v) is 7.07. The Morgan fingerprint density at radius 3 is 1.72 bits per heavy atom. The quantitative estimate of drug-likeness (QED) is 0.217. The van der Waals surface area contributed by atoms with Crippen LogP contribution in [-0.2, 0) is 9.59 Å². The molecule has 1 aliphatic heterocycles. The maximum Gasteiger partial charge on any atom is 0.393 e. The summed E-state index contributed by atoms with van der Waals surface area (Å²) in [5.74, 6) is -1.13. The van der Waals surface area contributed by atoms with Crippen LogP contribution < -0.4 is 4.90 Å². The third kappa shape index (κ3) is 2.35. The van der Waals surface area contributed by atoms with Crippen molar-refractivity contribution in [1.29, 1.82) is 0 Å². The molecule has 2 amide bonds. The first-order valence-corrected chi connectivity index (χ1v) is 9.23. The number of amides is 2. The van der Waals surface area contributed by atoms with Gasteiger partial charge in [-0.15, -0.1) is 0 Å². The van der Waals surface area contributed by atoms with E-state index in [2.05, 4.69) is 4.79 Å². The monoisotopic (exact) mass is 377 g/mol. The summed E-state index contributed by atoms with van der Waals surface area (Å²) in [7, 11) is 0. The van der Waals surface area contributed by atoms with Crippen molar-refractivity contribution in [2.45, 2.75) is 6.92 Å². The van der Waals surface area contributed by atoms with Gasteiger partial charge in [0.15, 0.2) is 0 Å². The normalized spacial score (nSPS) is 14.9. The number of anilines is 1. The fraction of sp³-hybridized carbons (Fsp3) is 0.0417. The Morgan fingerprint density at radius 2 is 1.21 bits per heavy atom. The minimum atomic E-state index is -0.634. The number of imide groups is 1. The van der Waals surface area contributed by atoms with Gasteiger partial charge in [-0.25, -0.2) is 4.90 Å². The Bertz CT molecular complexity index is 1250. The summed E-state index contributed by atoms with van der Waals surface area (Å²) in [5.41, 5.74) is 15.3. The van der Waals surface area contributed by atoms with Gasteiger partial charge in [-0.05, 0) is 41.3 Å². The van der Waals surface area contributed by atoms with E-state index in [1.807, 2.05) is 67.6 Å². The largest absolute Gasteiger partial charge is 0.393 e. The first-order chi connectivity index (χ1) is 14.1. The molecular weight excluding hydrogens is 362 g/mol. The van der Waals surface area contributed by atoms with Crippen LogP contribution in [0.15, 0.2) is 78.4 Å². The summed E-state index contributed by atoms with van der Waals surface area (Å²) in [5, 5.41) is 0. The Balaban J connectivity index is 1.80. The fourth-order valence-electron chi connectivity index (χ4n) is 4.05. The van der Waals surface area contributed by atoms with E-state index < -0.39 is 11.8 Å². The number of carbonyl (C=O) groups is 2. The maximum absolute atomic E-state index is 13.4. The molecule has 0 atom stereocenters. The molecule has 0 radical (unpaired) electrons. The lowest BCUT2D eigenvalue weighted by Crippen LogP contribution is -2.30. The molecule has 0 bridgehead atoms. The van der Waals surface area contributed by atoms with Crippen molar-refractivity contribution in [2.75, 3.05) is 4.90 Å².